The van der Waals surface area contributed by atoms with Gasteiger partial charge in [0.25, 0.3) is 5.91 Å². The fraction of sp³-hybridized carbons (Fsp3) is 0.667. The second kappa shape index (κ2) is 2.41. The van der Waals surface area contributed by atoms with E-state index in [1.165, 1.54) is 0 Å². The maximum absolute atomic E-state index is 11.1. The minimum Gasteiger partial charge on any atom is -0.315 e. The predicted molar refractivity (Wildman–Crippen MR) is 43.2 cm³/mol. The summed E-state index contributed by atoms with van der Waals surface area (Å²) in [5.74, 6) is -0.405. The van der Waals surface area contributed by atoms with E-state index in [1.807, 2.05) is 13.8 Å². The first-order valence-electron chi connectivity index (χ1n) is 3.33. The van der Waals surface area contributed by atoms with E-state index < -0.39 is 10.9 Å². The third kappa shape index (κ3) is 1.20. The van der Waals surface area contributed by atoms with Crippen molar-refractivity contribution in [1.82, 2.24) is 10.6 Å². The molecule has 5 heteroatoms. The molecule has 4 nitrogen and oxygen atoms in total. The number of thiol groups is 1. The SMILES string of the molecule is CC(C)C1(S)NC(=O)NC1=O. The molecule has 1 unspecified atom stereocenters. The van der Waals surface area contributed by atoms with Gasteiger partial charge in [-0.05, 0) is 5.92 Å². The molecule has 1 saturated heterocycles. The van der Waals surface area contributed by atoms with Gasteiger partial charge in [0.05, 0.1) is 0 Å². The molecule has 0 aromatic rings. The number of carbonyl (C=O) groups excluding carboxylic acids is 2. The lowest BCUT2D eigenvalue weighted by molar-refractivity contribution is -0.122. The normalized spacial score (nSPS) is 30.5. The van der Waals surface area contributed by atoms with Crippen LogP contribution in [0, 0.1) is 5.92 Å². The number of amides is 3. The summed E-state index contributed by atoms with van der Waals surface area (Å²) in [5.41, 5.74) is 0. The fourth-order valence-corrected chi connectivity index (χ4v) is 1.02. The highest BCUT2D eigenvalue weighted by Gasteiger charge is 2.45. The van der Waals surface area contributed by atoms with Gasteiger partial charge in [-0.2, -0.15) is 0 Å². The summed E-state index contributed by atoms with van der Waals surface area (Å²) in [6.07, 6.45) is 0. The summed E-state index contributed by atoms with van der Waals surface area (Å²) in [7, 11) is 0. The van der Waals surface area contributed by atoms with Gasteiger partial charge in [-0.25, -0.2) is 4.79 Å². The molecular formula is C6H10N2O2S. The Balaban J connectivity index is 2.87. The zero-order valence-corrected chi connectivity index (χ0v) is 7.24. The Hall–Kier alpha value is -0.710. The van der Waals surface area contributed by atoms with Crippen LogP contribution in [-0.2, 0) is 4.79 Å². The zero-order valence-electron chi connectivity index (χ0n) is 6.34. The largest absolute Gasteiger partial charge is 0.323 e. The van der Waals surface area contributed by atoms with Crippen molar-refractivity contribution in [3.63, 3.8) is 0 Å². The van der Waals surface area contributed by atoms with Crippen molar-refractivity contribution >= 4 is 24.6 Å². The van der Waals surface area contributed by atoms with Crippen molar-refractivity contribution in [2.75, 3.05) is 0 Å². The Labute approximate surface area is 70.1 Å². The number of imide groups is 1. The van der Waals surface area contributed by atoms with Gasteiger partial charge in [0.1, 0.15) is 0 Å². The lowest BCUT2D eigenvalue weighted by atomic mass is 10.0. The van der Waals surface area contributed by atoms with E-state index in [0.717, 1.165) is 0 Å². The molecule has 0 radical (unpaired) electrons. The molecule has 0 aromatic heterocycles. The van der Waals surface area contributed by atoms with Crippen molar-refractivity contribution in [3.05, 3.63) is 0 Å². The van der Waals surface area contributed by atoms with Gasteiger partial charge in [-0.15, -0.1) is 12.6 Å². The fourth-order valence-electron chi connectivity index (χ4n) is 0.866. The van der Waals surface area contributed by atoms with Crippen LogP contribution < -0.4 is 10.6 Å². The van der Waals surface area contributed by atoms with Gasteiger partial charge in [-0.1, -0.05) is 13.8 Å². The Morgan fingerprint density at radius 2 is 2.00 bits per heavy atom. The van der Waals surface area contributed by atoms with Gasteiger partial charge in [-0.3, -0.25) is 10.1 Å². The van der Waals surface area contributed by atoms with Crippen molar-refractivity contribution in [2.45, 2.75) is 18.7 Å². The molecule has 11 heavy (non-hydrogen) atoms. The topological polar surface area (TPSA) is 58.2 Å². The Morgan fingerprint density at radius 1 is 1.45 bits per heavy atom. The Bertz CT molecular complexity index is 217. The van der Waals surface area contributed by atoms with Gasteiger partial charge < -0.3 is 5.32 Å². The average molecular weight is 174 g/mol. The highest BCUT2D eigenvalue weighted by molar-refractivity contribution is 7.82. The second-order valence-corrected chi connectivity index (χ2v) is 3.53. The van der Waals surface area contributed by atoms with Crippen LogP contribution in [0.15, 0.2) is 0 Å². The van der Waals surface area contributed by atoms with Crippen LogP contribution in [0.1, 0.15) is 13.8 Å². The molecule has 0 saturated carbocycles. The molecule has 0 spiro atoms. The summed E-state index contributed by atoms with van der Waals surface area (Å²) in [6.45, 7) is 3.64. The lowest BCUT2D eigenvalue weighted by Crippen LogP contribution is -2.45. The first-order valence-corrected chi connectivity index (χ1v) is 3.77. The molecule has 1 rings (SSSR count). The number of rotatable bonds is 1. The summed E-state index contributed by atoms with van der Waals surface area (Å²) in [5, 5.41) is 4.57. The van der Waals surface area contributed by atoms with Gasteiger partial charge in [0.2, 0.25) is 0 Å². The van der Waals surface area contributed by atoms with E-state index in [1.54, 1.807) is 0 Å². The smallest absolute Gasteiger partial charge is 0.315 e. The van der Waals surface area contributed by atoms with E-state index in [2.05, 4.69) is 23.3 Å². The van der Waals surface area contributed by atoms with Crippen LogP contribution in [0.3, 0.4) is 0 Å². The summed E-state index contributed by atoms with van der Waals surface area (Å²) >= 11 is 4.09. The number of urea groups is 1. The first-order chi connectivity index (χ1) is 4.97. The lowest BCUT2D eigenvalue weighted by Gasteiger charge is -2.23. The molecule has 0 aromatic carbocycles. The van der Waals surface area contributed by atoms with Crippen LogP contribution in [0.2, 0.25) is 0 Å². The van der Waals surface area contributed by atoms with E-state index in [9.17, 15) is 9.59 Å². The van der Waals surface area contributed by atoms with E-state index in [0.29, 0.717) is 0 Å². The highest BCUT2D eigenvalue weighted by atomic mass is 32.1. The number of carbonyl (C=O) groups is 2. The Morgan fingerprint density at radius 3 is 2.18 bits per heavy atom. The maximum atomic E-state index is 11.1. The zero-order chi connectivity index (χ0) is 8.65. The van der Waals surface area contributed by atoms with Crippen molar-refractivity contribution in [2.24, 2.45) is 5.92 Å². The second-order valence-electron chi connectivity index (χ2n) is 2.83. The van der Waals surface area contributed by atoms with Gasteiger partial charge >= 0.3 is 6.03 Å². The third-order valence-corrected chi connectivity index (χ3v) is 2.54. The molecule has 1 atom stereocenters. The van der Waals surface area contributed by atoms with Crippen LogP contribution >= 0.6 is 12.6 Å². The highest BCUT2D eigenvalue weighted by Crippen LogP contribution is 2.24. The monoisotopic (exact) mass is 174 g/mol. The van der Waals surface area contributed by atoms with Crippen molar-refractivity contribution in [1.29, 1.82) is 0 Å². The molecule has 3 amide bonds. The third-order valence-electron chi connectivity index (χ3n) is 1.71. The number of hydrogen-bond acceptors (Lipinski definition) is 3. The van der Waals surface area contributed by atoms with E-state index in [-0.39, 0.29) is 11.8 Å². The molecule has 1 heterocycles. The summed E-state index contributed by atoms with van der Waals surface area (Å²) in [4.78, 5) is 20.7. The Kier molecular flexibility index (Phi) is 1.83. The van der Waals surface area contributed by atoms with Gasteiger partial charge in [0.15, 0.2) is 4.87 Å². The molecule has 1 fully saturated rings. The molecule has 0 aliphatic carbocycles. The molecule has 0 bridgehead atoms. The van der Waals surface area contributed by atoms with E-state index in [4.69, 9.17) is 0 Å². The molecule has 2 N–H and O–H groups in total. The summed E-state index contributed by atoms with van der Waals surface area (Å²) < 4.78 is 0. The minimum absolute atomic E-state index is 0.0303. The molecule has 1 aliphatic heterocycles. The van der Waals surface area contributed by atoms with Crippen LogP contribution in [-0.4, -0.2) is 16.8 Å². The molecule has 62 valence electrons. The van der Waals surface area contributed by atoms with Crippen molar-refractivity contribution in [3.8, 4) is 0 Å². The van der Waals surface area contributed by atoms with Crippen LogP contribution in [0.4, 0.5) is 4.79 Å². The summed E-state index contributed by atoms with van der Waals surface area (Å²) in [6, 6.07) is -0.473. The first kappa shape index (κ1) is 8.39. The predicted octanol–water partition coefficient (Wildman–Crippen LogP) is 0.108. The van der Waals surface area contributed by atoms with Crippen molar-refractivity contribution < 1.29 is 9.59 Å². The van der Waals surface area contributed by atoms with Crippen LogP contribution in [0.25, 0.3) is 0 Å². The quantitative estimate of drug-likeness (QED) is 0.390. The van der Waals surface area contributed by atoms with Gasteiger partial charge in [0, 0.05) is 0 Å². The number of nitrogens with one attached hydrogen (secondary N) is 2. The standard InChI is InChI=1S/C6H10N2O2S/c1-3(2)6(11)4(9)7-5(10)8-6/h3,11H,1-2H3,(H2,7,8,9,10). The number of hydrogen-bond donors (Lipinski definition) is 3. The van der Waals surface area contributed by atoms with E-state index >= 15 is 0 Å². The maximum Gasteiger partial charge on any atom is 0.323 e. The minimum atomic E-state index is -1.03. The molecular weight excluding hydrogens is 164 g/mol. The average Bonchev–Trinajstić information content (AvgIpc) is 2.08. The van der Waals surface area contributed by atoms with Crippen LogP contribution in [0.5, 0.6) is 0 Å². The molecule has 1 aliphatic rings.